The van der Waals surface area contributed by atoms with Crippen LogP contribution in [0.5, 0.6) is 5.75 Å². The molecule has 0 aliphatic heterocycles. The monoisotopic (exact) mass is 486 g/mol. The van der Waals surface area contributed by atoms with E-state index in [4.69, 9.17) is 4.74 Å². The molecule has 2 aromatic heterocycles. The minimum Gasteiger partial charge on any atom is -0.486 e. The normalized spacial score (nSPS) is 11.1. The first kappa shape index (κ1) is 25.0. The zero-order valence-electron chi connectivity index (χ0n) is 19.5. The summed E-state index contributed by atoms with van der Waals surface area (Å²) < 4.78 is 7.98. The number of nitrogens with zero attached hydrogens (tertiary/aromatic N) is 3. The summed E-state index contributed by atoms with van der Waals surface area (Å²) in [5.74, 6) is 2.15. The molecule has 0 radical (unpaired) electrons. The predicted molar refractivity (Wildman–Crippen MR) is 132 cm³/mol. The van der Waals surface area contributed by atoms with E-state index in [1.54, 1.807) is 0 Å². The second kappa shape index (κ2) is 12.0. The van der Waals surface area contributed by atoms with Crippen LogP contribution >= 0.6 is 23.1 Å². The Kier molecular flexibility index (Phi) is 9.08. The highest BCUT2D eigenvalue weighted by atomic mass is 32.2. The Hall–Kier alpha value is -2.65. The Labute approximate surface area is 203 Å². The van der Waals surface area contributed by atoms with E-state index in [0.717, 1.165) is 29.4 Å². The maximum Gasteiger partial charge on any atom is 0.217 e. The number of carbonyl (C=O) groups excluding carboxylic acids is 2. The quantitative estimate of drug-likeness (QED) is 0.294. The molecule has 0 unspecified atom stereocenters. The first-order chi connectivity index (χ1) is 15.9. The fraction of sp³-hybridized carbons (Fsp3) is 0.417. The number of hydrogen-bond acceptors (Lipinski definition) is 7. The van der Waals surface area contributed by atoms with E-state index in [0.29, 0.717) is 29.1 Å². The molecule has 0 bridgehead atoms. The maximum absolute atomic E-state index is 12.7. The van der Waals surface area contributed by atoms with Crippen LogP contribution in [0, 0.1) is 5.92 Å². The van der Waals surface area contributed by atoms with Crippen molar-refractivity contribution >= 4 is 34.8 Å². The van der Waals surface area contributed by atoms with Crippen molar-refractivity contribution in [2.45, 2.75) is 59.0 Å². The van der Waals surface area contributed by atoms with Crippen LogP contribution in [-0.4, -0.2) is 32.2 Å². The summed E-state index contributed by atoms with van der Waals surface area (Å²) in [7, 11) is 0. The molecule has 0 aliphatic rings. The lowest BCUT2D eigenvalue weighted by Gasteiger charge is -2.13. The van der Waals surface area contributed by atoms with Crippen LogP contribution in [0.15, 0.2) is 41.6 Å². The van der Waals surface area contributed by atoms with Crippen molar-refractivity contribution in [3.8, 4) is 5.75 Å². The van der Waals surface area contributed by atoms with Crippen molar-refractivity contribution in [3.05, 3.63) is 57.5 Å². The lowest BCUT2D eigenvalue weighted by atomic mass is 10.2. The summed E-state index contributed by atoms with van der Waals surface area (Å²) in [6, 6.07) is 11.8. The number of ether oxygens (including phenoxy) is 1. The molecule has 3 aromatic rings. The average Bonchev–Trinajstić information content (AvgIpc) is 3.42. The number of aryl methyl sites for hydroxylation is 1. The topological polar surface area (TPSA) is 86.1 Å². The van der Waals surface area contributed by atoms with Crippen LogP contribution in [0.2, 0.25) is 0 Å². The fourth-order valence-corrected chi connectivity index (χ4v) is 4.91. The fourth-order valence-electron chi connectivity index (χ4n) is 3.09. The molecule has 0 aliphatic carbocycles. The number of benzene rings is 1. The Bertz CT molecular complexity index is 1070. The number of aromatic nitrogens is 3. The van der Waals surface area contributed by atoms with Gasteiger partial charge in [0.25, 0.3) is 0 Å². The molecular weight excluding hydrogens is 456 g/mol. The smallest absolute Gasteiger partial charge is 0.217 e. The number of rotatable bonds is 12. The lowest BCUT2D eigenvalue weighted by Crippen LogP contribution is -2.18. The van der Waals surface area contributed by atoms with Gasteiger partial charge in [-0.3, -0.25) is 9.59 Å². The number of thioether (sulfide) groups is 1. The van der Waals surface area contributed by atoms with Gasteiger partial charge in [0.15, 0.2) is 16.8 Å². The summed E-state index contributed by atoms with van der Waals surface area (Å²) in [6.07, 6.45) is 0.990. The molecule has 0 fully saturated rings. The van der Waals surface area contributed by atoms with E-state index in [1.807, 2.05) is 28.8 Å². The number of ketones is 1. The molecule has 1 amide bonds. The van der Waals surface area contributed by atoms with Gasteiger partial charge in [-0.25, -0.2) is 0 Å². The van der Waals surface area contributed by atoms with E-state index in [-0.39, 0.29) is 17.4 Å². The van der Waals surface area contributed by atoms with Gasteiger partial charge >= 0.3 is 0 Å². The van der Waals surface area contributed by atoms with Gasteiger partial charge in [0.05, 0.1) is 17.2 Å². The summed E-state index contributed by atoms with van der Waals surface area (Å²) in [6.45, 7) is 9.37. The summed E-state index contributed by atoms with van der Waals surface area (Å²) in [5.41, 5.74) is 1.27. The second-order valence-electron chi connectivity index (χ2n) is 8.08. The molecule has 176 valence electrons. The highest BCUT2D eigenvalue weighted by molar-refractivity contribution is 7.99. The van der Waals surface area contributed by atoms with Crippen LogP contribution in [0.3, 0.4) is 0 Å². The highest BCUT2D eigenvalue weighted by Crippen LogP contribution is 2.24. The Morgan fingerprint density at radius 1 is 1.15 bits per heavy atom. The molecule has 0 saturated carbocycles. The van der Waals surface area contributed by atoms with E-state index in [1.165, 1.54) is 35.6 Å². The van der Waals surface area contributed by atoms with E-state index >= 15 is 0 Å². The first-order valence-corrected chi connectivity index (χ1v) is 12.8. The van der Waals surface area contributed by atoms with Crippen LogP contribution in [0.1, 0.15) is 53.6 Å². The predicted octanol–water partition coefficient (Wildman–Crippen LogP) is 4.75. The van der Waals surface area contributed by atoms with Gasteiger partial charge in [-0.15, -0.1) is 21.5 Å². The van der Waals surface area contributed by atoms with Crippen LogP contribution < -0.4 is 10.1 Å². The van der Waals surface area contributed by atoms with Crippen LogP contribution in [0.4, 0.5) is 0 Å². The number of Topliss-reactive ketones (excluding diaryl/α,β-unsaturated/α-hetero) is 1. The molecule has 0 saturated heterocycles. The van der Waals surface area contributed by atoms with Crippen molar-refractivity contribution in [3.63, 3.8) is 0 Å². The average molecular weight is 487 g/mol. The van der Waals surface area contributed by atoms with Gasteiger partial charge in [0.1, 0.15) is 12.4 Å². The molecule has 2 heterocycles. The standard InChI is InChI=1S/C24H30N4O3S2/c1-5-18-6-8-19(9-7-18)31-14-23-26-27-24(28(23)13-16(2)3)32-15-21(30)22-11-10-20(33-22)12-25-17(4)29/h6-11,16H,5,12-15H2,1-4H3,(H,25,29). The number of thiophene rings is 1. The first-order valence-electron chi connectivity index (χ1n) is 11.0. The minimum absolute atomic E-state index is 0.0342. The highest BCUT2D eigenvalue weighted by Gasteiger charge is 2.17. The van der Waals surface area contributed by atoms with Gasteiger partial charge in [-0.1, -0.05) is 44.7 Å². The van der Waals surface area contributed by atoms with Crippen molar-refractivity contribution in [1.82, 2.24) is 20.1 Å². The van der Waals surface area contributed by atoms with Gasteiger partial charge in [-0.2, -0.15) is 0 Å². The SMILES string of the molecule is CCc1ccc(OCc2nnc(SCC(=O)c3ccc(CNC(C)=O)s3)n2CC(C)C)cc1. The molecule has 9 heteroatoms. The van der Waals surface area contributed by atoms with Gasteiger partial charge in [0.2, 0.25) is 5.91 Å². The van der Waals surface area contributed by atoms with E-state index < -0.39 is 0 Å². The van der Waals surface area contributed by atoms with Crippen molar-refractivity contribution in [2.24, 2.45) is 5.92 Å². The third-order valence-corrected chi connectivity index (χ3v) is 6.91. The Balaban J connectivity index is 1.62. The van der Waals surface area contributed by atoms with Crippen LogP contribution in [-0.2, 0) is 30.9 Å². The number of amides is 1. The van der Waals surface area contributed by atoms with Crippen LogP contribution in [0.25, 0.3) is 0 Å². The number of hydrogen-bond donors (Lipinski definition) is 1. The van der Waals surface area contributed by atoms with Crippen molar-refractivity contribution < 1.29 is 14.3 Å². The van der Waals surface area contributed by atoms with Gasteiger partial charge < -0.3 is 14.6 Å². The third kappa shape index (κ3) is 7.43. The summed E-state index contributed by atoms with van der Waals surface area (Å²) in [4.78, 5) is 25.4. The molecular formula is C24H30N4O3S2. The van der Waals surface area contributed by atoms with E-state index in [9.17, 15) is 9.59 Å². The van der Waals surface area contributed by atoms with E-state index in [2.05, 4.69) is 48.4 Å². The van der Waals surface area contributed by atoms with Crippen molar-refractivity contribution in [1.29, 1.82) is 0 Å². The summed E-state index contributed by atoms with van der Waals surface area (Å²) >= 11 is 2.79. The Morgan fingerprint density at radius 3 is 2.58 bits per heavy atom. The zero-order chi connectivity index (χ0) is 23.8. The molecule has 3 rings (SSSR count). The second-order valence-corrected chi connectivity index (χ2v) is 10.2. The molecule has 0 spiro atoms. The molecule has 7 nitrogen and oxygen atoms in total. The summed E-state index contributed by atoms with van der Waals surface area (Å²) in [5, 5.41) is 12.1. The molecule has 33 heavy (non-hydrogen) atoms. The zero-order valence-corrected chi connectivity index (χ0v) is 21.1. The molecule has 1 N–H and O–H groups in total. The maximum atomic E-state index is 12.7. The number of nitrogens with one attached hydrogen (secondary N) is 1. The van der Waals surface area contributed by atoms with Crippen molar-refractivity contribution in [2.75, 3.05) is 5.75 Å². The van der Waals surface area contributed by atoms with Gasteiger partial charge in [0, 0.05) is 18.3 Å². The minimum atomic E-state index is -0.0888. The van der Waals surface area contributed by atoms with Gasteiger partial charge in [-0.05, 0) is 42.2 Å². The third-order valence-electron chi connectivity index (χ3n) is 4.82. The lowest BCUT2D eigenvalue weighted by molar-refractivity contribution is -0.119. The number of carbonyl (C=O) groups is 2. The largest absolute Gasteiger partial charge is 0.486 e. The molecule has 0 atom stereocenters. The Morgan fingerprint density at radius 2 is 1.91 bits per heavy atom. The molecule has 1 aromatic carbocycles.